The maximum absolute atomic E-state index is 15.1. The minimum absolute atomic E-state index is 0.00350. The standard InChI is InChI=1S/C38H47N5O7Si/c1-24-35(51(5,6)31-13-10-29(48-3)11-14-31)34(16-18-42-23-28(17-19-44)40-41-42)50-38(24)32-21-30(49-4)12-15-33(32)43(37(38)47)22-26-8-7-9-27(20-26)39-36(46)25(2)45/h7-15,20-21,23-25,34-35,44-45H,16-19,22H2,1-6H3,(H,39,46)/t24-,25+,34+,35-,38+/m1/s1. The summed E-state index contributed by atoms with van der Waals surface area (Å²) in [5.41, 5.74) is 2.32. The highest BCUT2D eigenvalue weighted by Gasteiger charge is 2.66. The van der Waals surface area contributed by atoms with Gasteiger partial charge in [-0.15, -0.1) is 5.10 Å². The maximum atomic E-state index is 15.1. The zero-order chi connectivity index (χ0) is 36.5. The Bertz CT molecular complexity index is 1880. The summed E-state index contributed by atoms with van der Waals surface area (Å²) in [4.78, 5) is 29.1. The van der Waals surface area contributed by atoms with Crippen molar-refractivity contribution in [2.75, 3.05) is 31.0 Å². The van der Waals surface area contributed by atoms with Crippen LogP contribution in [0.15, 0.2) is 72.9 Å². The van der Waals surface area contributed by atoms with Crippen molar-refractivity contribution in [2.45, 2.75) is 76.2 Å². The first-order chi connectivity index (χ1) is 24.4. The van der Waals surface area contributed by atoms with Crippen molar-refractivity contribution in [3.8, 4) is 11.5 Å². The Hall–Kier alpha value is -4.56. The summed E-state index contributed by atoms with van der Waals surface area (Å²) in [6.45, 7) is 9.02. The van der Waals surface area contributed by atoms with Gasteiger partial charge in [-0.2, -0.15) is 0 Å². The molecule has 2 aliphatic rings. The van der Waals surface area contributed by atoms with E-state index in [0.29, 0.717) is 30.8 Å². The fraction of sp³-hybridized carbons (Fsp3) is 0.421. The predicted molar refractivity (Wildman–Crippen MR) is 196 cm³/mol. The van der Waals surface area contributed by atoms with Gasteiger partial charge in [-0.05, 0) is 66.9 Å². The first kappa shape index (κ1) is 36.2. The molecule has 3 aromatic carbocycles. The zero-order valence-corrected chi connectivity index (χ0v) is 31.0. The quantitative estimate of drug-likeness (QED) is 0.175. The number of amides is 2. The van der Waals surface area contributed by atoms with Crippen LogP contribution in [0.2, 0.25) is 18.6 Å². The minimum atomic E-state index is -2.37. The van der Waals surface area contributed by atoms with E-state index < -0.39 is 25.7 Å². The Morgan fingerprint density at radius 1 is 1.08 bits per heavy atom. The first-order valence-electron chi connectivity index (χ1n) is 17.3. The maximum Gasteiger partial charge on any atom is 0.264 e. The lowest BCUT2D eigenvalue weighted by Gasteiger charge is -2.37. The average Bonchev–Trinajstić information content (AvgIpc) is 3.77. The highest BCUT2D eigenvalue weighted by molar-refractivity contribution is 6.91. The van der Waals surface area contributed by atoms with Crippen LogP contribution in [-0.2, 0) is 39.4 Å². The third-order valence-corrected chi connectivity index (χ3v) is 14.9. The number of aliphatic hydroxyl groups excluding tert-OH is 2. The largest absolute Gasteiger partial charge is 0.497 e. The van der Waals surface area contributed by atoms with E-state index in [1.807, 2.05) is 54.7 Å². The molecule has 1 fully saturated rings. The summed E-state index contributed by atoms with van der Waals surface area (Å²) < 4.78 is 20.2. The lowest BCUT2D eigenvalue weighted by atomic mass is 9.82. The van der Waals surface area contributed by atoms with Crippen LogP contribution in [0.3, 0.4) is 0 Å². The van der Waals surface area contributed by atoms with Crippen LogP contribution < -0.4 is 24.9 Å². The second-order valence-electron chi connectivity index (χ2n) is 14.0. The molecule has 1 saturated heterocycles. The lowest BCUT2D eigenvalue weighted by molar-refractivity contribution is -0.146. The normalized spacial score (nSPS) is 21.9. The molecule has 13 heteroatoms. The second kappa shape index (κ2) is 14.6. The molecule has 0 bridgehead atoms. The van der Waals surface area contributed by atoms with Crippen molar-refractivity contribution in [3.05, 3.63) is 89.7 Å². The number of carbonyl (C=O) groups excluding carboxylic acids is 2. The number of fused-ring (bicyclic) bond motifs is 2. The van der Waals surface area contributed by atoms with Crippen LogP contribution in [-0.4, -0.2) is 78.1 Å². The number of carbonyl (C=O) groups is 2. The number of aromatic nitrogens is 3. The van der Waals surface area contributed by atoms with Gasteiger partial charge in [0.1, 0.15) is 17.6 Å². The lowest BCUT2D eigenvalue weighted by Crippen LogP contribution is -2.51. The summed E-state index contributed by atoms with van der Waals surface area (Å²) in [6.07, 6.45) is 1.43. The fourth-order valence-corrected chi connectivity index (χ4v) is 12.0. The van der Waals surface area contributed by atoms with E-state index >= 15 is 4.79 Å². The molecule has 1 aromatic heterocycles. The molecule has 2 aliphatic heterocycles. The smallest absolute Gasteiger partial charge is 0.264 e. The highest BCUT2D eigenvalue weighted by atomic mass is 28.3. The molecule has 4 aromatic rings. The third-order valence-electron chi connectivity index (χ3n) is 10.6. The molecule has 5 atom stereocenters. The first-order valence-corrected chi connectivity index (χ1v) is 20.4. The average molecular weight is 714 g/mol. The Balaban J connectivity index is 1.40. The number of aliphatic hydroxyl groups is 2. The van der Waals surface area contributed by atoms with Crippen LogP contribution in [0.5, 0.6) is 11.5 Å². The number of benzene rings is 3. The van der Waals surface area contributed by atoms with Crippen molar-refractivity contribution < 1.29 is 34.0 Å². The number of anilines is 2. The molecule has 3 heterocycles. The topological polar surface area (TPSA) is 148 Å². The number of aryl methyl sites for hydroxylation is 1. The van der Waals surface area contributed by atoms with Gasteiger partial charge in [0.2, 0.25) is 0 Å². The Morgan fingerprint density at radius 2 is 1.80 bits per heavy atom. The van der Waals surface area contributed by atoms with Gasteiger partial charge >= 0.3 is 0 Å². The third kappa shape index (κ3) is 6.78. The number of ether oxygens (including phenoxy) is 3. The SMILES string of the molecule is COc1ccc([Si](C)(C)[C@H]2[C@H](CCn3cc(CCO)nn3)O[C@@]3(C(=O)N(Cc4cccc(NC(=O)[C@H](C)O)c4)c4ccc(OC)cc43)[C@@H]2C)cc1. The molecule has 270 valence electrons. The van der Waals surface area contributed by atoms with Gasteiger partial charge in [-0.1, -0.05) is 54.7 Å². The van der Waals surface area contributed by atoms with E-state index in [4.69, 9.17) is 14.2 Å². The Morgan fingerprint density at radius 3 is 2.49 bits per heavy atom. The van der Waals surface area contributed by atoms with Crippen molar-refractivity contribution in [1.29, 1.82) is 0 Å². The van der Waals surface area contributed by atoms with Gasteiger partial charge < -0.3 is 34.6 Å². The number of methoxy groups -OCH3 is 2. The summed E-state index contributed by atoms with van der Waals surface area (Å²) >= 11 is 0. The van der Waals surface area contributed by atoms with Crippen LogP contribution >= 0.6 is 0 Å². The number of rotatable bonds is 13. The van der Waals surface area contributed by atoms with E-state index in [2.05, 4.69) is 47.8 Å². The van der Waals surface area contributed by atoms with E-state index in [1.54, 1.807) is 29.9 Å². The van der Waals surface area contributed by atoms with Crippen molar-refractivity contribution in [2.24, 2.45) is 5.92 Å². The number of hydrogen-bond acceptors (Lipinski definition) is 9. The zero-order valence-electron chi connectivity index (χ0n) is 30.0. The van der Waals surface area contributed by atoms with E-state index in [-0.39, 0.29) is 36.6 Å². The van der Waals surface area contributed by atoms with Gasteiger partial charge in [0.15, 0.2) is 5.60 Å². The van der Waals surface area contributed by atoms with Gasteiger partial charge in [0.05, 0.1) is 46.3 Å². The predicted octanol–water partition coefficient (Wildman–Crippen LogP) is 4.00. The molecule has 0 radical (unpaired) electrons. The van der Waals surface area contributed by atoms with Gasteiger partial charge in [-0.3, -0.25) is 14.3 Å². The molecular formula is C38H47N5O7Si. The number of hydrogen-bond donors (Lipinski definition) is 3. The van der Waals surface area contributed by atoms with E-state index in [0.717, 1.165) is 28.3 Å². The van der Waals surface area contributed by atoms with Crippen molar-refractivity contribution in [3.63, 3.8) is 0 Å². The molecule has 0 aliphatic carbocycles. The summed E-state index contributed by atoms with van der Waals surface area (Å²) in [5, 5.41) is 31.6. The van der Waals surface area contributed by atoms with Gasteiger partial charge in [0, 0.05) is 42.9 Å². The Kier molecular flexibility index (Phi) is 10.4. The summed E-state index contributed by atoms with van der Waals surface area (Å²) in [6, 6.07) is 21.3. The van der Waals surface area contributed by atoms with Gasteiger partial charge in [-0.25, -0.2) is 0 Å². The number of nitrogens with one attached hydrogen (secondary N) is 1. The van der Waals surface area contributed by atoms with Crippen LogP contribution in [0.25, 0.3) is 0 Å². The number of nitrogens with zero attached hydrogens (tertiary/aromatic N) is 4. The van der Waals surface area contributed by atoms with Gasteiger partial charge in [0.25, 0.3) is 11.8 Å². The molecule has 0 saturated carbocycles. The summed E-state index contributed by atoms with van der Waals surface area (Å²) in [5.74, 6) is 0.549. The molecule has 12 nitrogen and oxygen atoms in total. The molecule has 0 unspecified atom stereocenters. The van der Waals surface area contributed by atoms with E-state index in [1.165, 1.54) is 12.1 Å². The summed E-state index contributed by atoms with van der Waals surface area (Å²) in [7, 11) is 0.902. The molecule has 6 rings (SSSR count). The monoisotopic (exact) mass is 713 g/mol. The van der Waals surface area contributed by atoms with Crippen LogP contribution in [0, 0.1) is 5.92 Å². The fourth-order valence-electron chi connectivity index (χ4n) is 7.96. The minimum Gasteiger partial charge on any atom is -0.497 e. The molecule has 51 heavy (non-hydrogen) atoms. The Labute approximate surface area is 299 Å². The second-order valence-corrected chi connectivity index (χ2v) is 18.7. The molecule has 1 spiro atoms. The molecular weight excluding hydrogens is 667 g/mol. The van der Waals surface area contributed by atoms with E-state index in [9.17, 15) is 15.0 Å². The van der Waals surface area contributed by atoms with Crippen LogP contribution in [0.4, 0.5) is 11.4 Å². The highest BCUT2D eigenvalue weighted by Crippen LogP contribution is 2.60. The molecule has 3 N–H and O–H groups in total. The van der Waals surface area contributed by atoms with Crippen molar-refractivity contribution >= 4 is 36.4 Å². The van der Waals surface area contributed by atoms with Crippen LogP contribution in [0.1, 0.15) is 37.1 Å². The van der Waals surface area contributed by atoms with Crippen molar-refractivity contribution in [1.82, 2.24) is 15.0 Å². The molecule has 2 amide bonds.